The number of ether oxygens (including phenoxy) is 2. The van der Waals surface area contributed by atoms with Gasteiger partial charge >= 0.3 is 0 Å². The van der Waals surface area contributed by atoms with Crippen LogP contribution in [0.15, 0.2) is 43.0 Å². The first-order valence-electron chi connectivity index (χ1n) is 12.1. The number of rotatable bonds is 12. The molecule has 0 saturated carbocycles. The zero-order chi connectivity index (χ0) is 23.8. The number of allylic oxidation sites excluding steroid dienone is 1. The third-order valence-corrected chi connectivity index (χ3v) is 5.92. The van der Waals surface area contributed by atoms with Gasteiger partial charge < -0.3 is 19.4 Å². The van der Waals surface area contributed by atoms with Gasteiger partial charge in [-0.3, -0.25) is 4.79 Å². The minimum absolute atomic E-state index is 0.119. The summed E-state index contributed by atoms with van der Waals surface area (Å²) >= 11 is 0. The molecular weight excluding hydrogens is 430 g/mol. The lowest BCUT2D eigenvalue weighted by atomic mass is 10.1. The Morgan fingerprint density at radius 1 is 1.24 bits per heavy atom. The quantitative estimate of drug-likeness (QED) is 0.310. The molecule has 1 N–H and O–H groups in total. The van der Waals surface area contributed by atoms with Crippen LogP contribution in [0.5, 0.6) is 5.75 Å². The first-order chi connectivity index (χ1) is 16.6. The molecule has 0 unspecified atom stereocenters. The maximum absolute atomic E-state index is 12.3. The molecule has 0 aliphatic carbocycles. The number of para-hydroxylation sites is 1. The molecule has 1 atom stereocenters. The number of hydrogen-bond acceptors (Lipinski definition) is 7. The van der Waals surface area contributed by atoms with Crippen LogP contribution in [0, 0.1) is 0 Å². The zero-order valence-electron chi connectivity index (χ0n) is 19.9. The van der Waals surface area contributed by atoms with Crippen molar-refractivity contribution in [3.05, 3.63) is 48.6 Å². The first-order valence-corrected chi connectivity index (χ1v) is 12.1. The summed E-state index contributed by atoms with van der Waals surface area (Å²) in [6.07, 6.45) is 11.3. The minimum Gasteiger partial charge on any atom is -0.491 e. The summed E-state index contributed by atoms with van der Waals surface area (Å²) in [6.45, 7) is 6.19. The molecule has 0 bridgehead atoms. The Morgan fingerprint density at radius 3 is 3.00 bits per heavy atom. The van der Waals surface area contributed by atoms with E-state index in [-0.39, 0.29) is 17.9 Å². The first kappa shape index (κ1) is 23.9. The van der Waals surface area contributed by atoms with Crippen LogP contribution >= 0.6 is 0 Å². The number of fused-ring (bicyclic) bond motifs is 1. The lowest BCUT2D eigenvalue weighted by molar-refractivity contribution is -0.114. The van der Waals surface area contributed by atoms with E-state index in [0.29, 0.717) is 25.3 Å². The molecule has 3 aromatic rings. The highest BCUT2D eigenvalue weighted by Crippen LogP contribution is 2.29. The zero-order valence-corrected chi connectivity index (χ0v) is 19.9. The van der Waals surface area contributed by atoms with Crippen molar-refractivity contribution >= 4 is 28.8 Å². The summed E-state index contributed by atoms with van der Waals surface area (Å²) in [5, 5.41) is 0. The molecule has 1 aliphatic heterocycles. The van der Waals surface area contributed by atoms with Crippen LogP contribution < -0.4 is 9.64 Å². The Kier molecular flexibility index (Phi) is 8.25. The second kappa shape index (κ2) is 11.7. The van der Waals surface area contributed by atoms with Gasteiger partial charge in [-0.2, -0.15) is 0 Å². The Hall–Kier alpha value is -3.26. The van der Waals surface area contributed by atoms with Gasteiger partial charge in [0, 0.05) is 25.1 Å². The second-order valence-electron chi connectivity index (χ2n) is 8.81. The van der Waals surface area contributed by atoms with Crippen molar-refractivity contribution in [1.29, 1.82) is 0 Å². The number of carbonyl (C=O) groups excluding carboxylic acids is 1. The number of H-pyrrole nitrogens is 1. The molecule has 0 spiro atoms. The Bertz CT molecular complexity index is 1110. The topological polar surface area (TPSA) is 93.2 Å². The monoisotopic (exact) mass is 463 g/mol. The van der Waals surface area contributed by atoms with E-state index < -0.39 is 0 Å². The molecule has 1 aromatic carbocycles. The van der Waals surface area contributed by atoms with Crippen LogP contribution in [0.25, 0.3) is 17.2 Å². The molecule has 0 amide bonds. The molecule has 1 saturated heterocycles. The number of imidazole rings is 1. The fourth-order valence-electron chi connectivity index (χ4n) is 4.18. The summed E-state index contributed by atoms with van der Waals surface area (Å²) in [6, 6.07) is 8.03. The third-order valence-electron chi connectivity index (χ3n) is 5.92. The Balaban J connectivity index is 1.34. The molecule has 1 fully saturated rings. The molecule has 3 heterocycles. The SMILES string of the molecule is CC(C)OCCCCC(=O)/C=C/c1ccccc1OC[C@H]1CCCN1c1ncnc2nc[nH]c12. The summed E-state index contributed by atoms with van der Waals surface area (Å²) in [5.41, 5.74) is 2.43. The number of unbranched alkanes of at least 4 members (excludes halogenated alkanes) is 1. The molecule has 2 aromatic heterocycles. The Labute approximate surface area is 200 Å². The van der Waals surface area contributed by atoms with Crippen molar-refractivity contribution in [2.45, 2.75) is 58.1 Å². The molecule has 0 radical (unpaired) electrons. The normalized spacial score (nSPS) is 16.2. The predicted molar refractivity (Wildman–Crippen MR) is 133 cm³/mol. The molecular formula is C26H33N5O3. The van der Waals surface area contributed by atoms with Gasteiger partial charge in [-0.25, -0.2) is 15.0 Å². The van der Waals surface area contributed by atoms with Crippen LogP contribution in [0.2, 0.25) is 0 Å². The molecule has 34 heavy (non-hydrogen) atoms. The van der Waals surface area contributed by atoms with Crippen LogP contribution in [-0.4, -0.2) is 57.6 Å². The number of ketones is 1. The maximum atomic E-state index is 12.3. The number of aromatic amines is 1. The Morgan fingerprint density at radius 2 is 2.12 bits per heavy atom. The van der Waals surface area contributed by atoms with Crippen molar-refractivity contribution in [2.75, 3.05) is 24.7 Å². The molecule has 4 rings (SSSR count). The summed E-state index contributed by atoms with van der Waals surface area (Å²) in [4.78, 5) is 30.7. The van der Waals surface area contributed by atoms with Gasteiger partial charge in [0.15, 0.2) is 17.2 Å². The number of benzene rings is 1. The minimum atomic E-state index is 0.119. The molecule has 180 valence electrons. The predicted octanol–water partition coefficient (Wildman–Crippen LogP) is 4.58. The van der Waals surface area contributed by atoms with E-state index in [1.165, 1.54) is 0 Å². The molecule has 1 aliphatic rings. The number of carbonyl (C=O) groups is 1. The van der Waals surface area contributed by atoms with E-state index in [1.54, 1.807) is 18.7 Å². The van der Waals surface area contributed by atoms with Crippen molar-refractivity contribution in [2.24, 2.45) is 0 Å². The molecule has 8 nitrogen and oxygen atoms in total. The van der Waals surface area contributed by atoms with Crippen molar-refractivity contribution in [3.63, 3.8) is 0 Å². The van der Waals surface area contributed by atoms with E-state index in [4.69, 9.17) is 9.47 Å². The fraction of sp³-hybridized carbons (Fsp3) is 0.462. The second-order valence-corrected chi connectivity index (χ2v) is 8.81. The van der Waals surface area contributed by atoms with Crippen molar-refractivity contribution in [1.82, 2.24) is 19.9 Å². The van der Waals surface area contributed by atoms with E-state index >= 15 is 0 Å². The average molecular weight is 464 g/mol. The summed E-state index contributed by atoms with van der Waals surface area (Å²) in [7, 11) is 0. The van der Waals surface area contributed by atoms with Crippen LogP contribution in [-0.2, 0) is 9.53 Å². The van der Waals surface area contributed by atoms with Crippen LogP contribution in [0.1, 0.15) is 51.5 Å². The van der Waals surface area contributed by atoms with Crippen molar-refractivity contribution in [3.8, 4) is 5.75 Å². The lowest BCUT2D eigenvalue weighted by Gasteiger charge is -2.26. The number of nitrogens with zero attached hydrogens (tertiary/aromatic N) is 4. The fourth-order valence-corrected chi connectivity index (χ4v) is 4.18. The lowest BCUT2D eigenvalue weighted by Crippen LogP contribution is -2.35. The highest BCUT2D eigenvalue weighted by Gasteiger charge is 2.28. The van der Waals surface area contributed by atoms with Gasteiger partial charge in [0.1, 0.15) is 24.2 Å². The van der Waals surface area contributed by atoms with E-state index in [2.05, 4.69) is 24.8 Å². The van der Waals surface area contributed by atoms with E-state index in [0.717, 1.165) is 54.9 Å². The maximum Gasteiger partial charge on any atom is 0.182 e. The summed E-state index contributed by atoms with van der Waals surface area (Å²) in [5.74, 6) is 1.76. The van der Waals surface area contributed by atoms with Gasteiger partial charge in [0.2, 0.25) is 0 Å². The summed E-state index contributed by atoms with van der Waals surface area (Å²) < 4.78 is 11.8. The van der Waals surface area contributed by atoms with E-state index in [1.807, 2.05) is 44.2 Å². The third kappa shape index (κ3) is 6.20. The van der Waals surface area contributed by atoms with Gasteiger partial charge in [-0.1, -0.05) is 18.2 Å². The molecule has 8 heteroatoms. The van der Waals surface area contributed by atoms with Gasteiger partial charge in [-0.05, 0) is 57.7 Å². The number of hydrogen-bond donors (Lipinski definition) is 1. The van der Waals surface area contributed by atoms with Crippen LogP contribution in [0.4, 0.5) is 5.82 Å². The largest absolute Gasteiger partial charge is 0.491 e. The average Bonchev–Trinajstić information content (AvgIpc) is 3.51. The van der Waals surface area contributed by atoms with Crippen molar-refractivity contribution < 1.29 is 14.3 Å². The van der Waals surface area contributed by atoms with Gasteiger partial charge in [-0.15, -0.1) is 0 Å². The smallest absolute Gasteiger partial charge is 0.182 e. The highest BCUT2D eigenvalue weighted by atomic mass is 16.5. The number of anilines is 1. The standard InChI is InChI=1S/C26H33N5O3/c1-19(2)33-15-6-5-10-22(32)13-12-20-8-3-4-11-23(20)34-16-21-9-7-14-31(21)26-24-25(28-17-27-24)29-18-30-26/h3-4,8,11-13,17-19,21H,5-7,9-10,14-16H2,1-2H3,(H,27,28,29,30)/b13-12+/t21-/m1/s1. The van der Waals surface area contributed by atoms with Gasteiger partial charge in [0.05, 0.1) is 18.5 Å². The van der Waals surface area contributed by atoms with Crippen LogP contribution in [0.3, 0.4) is 0 Å². The number of nitrogens with one attached hydrogen (secondary N) is 1. The number of aromatic nitrogens is 4. The van der Waals surface area contributed by atoms with E-state index in [9.17, 15) is 4.79 Å². The highest BCUT2D eigenvalue weighted by molar-refractivity contribution is 5.93. The van der Waals surface area contributed by atoms with Gasteiger partial charge in [0.25, 0.3) is 0 Å².